The number of nitrogens with zero attached hydrogens (tertiary/aromatic N) is 1. The standard InChI is InChI=1S/C12H14ClNO3S/c1-8(2)14-6-10-4-3-9(7-18(13,16)17)5-11(10)12(14)15/h3-5,8H,6-7H2,1-2H3. The molecule has 4 nitrogen and oxygen atoms in total. The molecule has 0 N–H and O–H groups in total. The van der Waals surface area contributed by atoms with E-state index in [0.717, 1.165) is 5.56 Å². The summed E-state index contributed by atoms with van der Waals surface area (Å²) >= 11 is 0. The molecular formula is C12H14ClNO3S. The second-order valence-corrected chi connectivity index (χ2v) is 7.48. The van der Waals surface area contributed by atoms with Gasteiger partial charge in [0.1, 0.15) is 0 Å². The number of fused-ring (bicyclic) bond motifs is 1. The molecule has 1 aromatic carbocycles. The van der Waals surface area contributed by atoms with Crippen molar-refractivity contribution >= 4 is 25.6 Å². The van der Waals surface area contributed by atoms with E-state index < -0.39 is 9.05 Å². The van der Waals surface area contributed by atoms with Crippen LogP contribution in [0.2, 0.25) is 0 Å². The summed E-state index contributed by atoms with van der Waals surface area (Å²) in [7, 11) is 1.62. The van der Waals surface area contributed by atoms with Crippen molar-refractivity contribution in [2.24, 2.45) is 0 Å². The summed E-state index contributed by atoms with van der Waals surface area (Å²) in [6, 6.07) is 5.26. The predicted octanol–water partition coefficient (Wildman–Crippen LogP) is 2.12. The Morgan fingerprint density at radius 3 is 2.61 bits per heavy atom. The highest BCUT2D eigenvalue weighted by Crippen LogP contribution is 2.26. The molecule has 1 aliphatic rings. The molecule has 0 spiro atoms. The van der Waals surface area contributed by atoms with Crippen LogP contribution in [0, 0.1) is 0 Å². The van der Waals surface area contributed by atoms with E-state index in [9.17, 15) is 13.2 Å². The average Bonchev–Trinajstić information content (AvgIpc) is 2.54. The summed E-state index contributed by atoms with van der Waals surface area (Å²) in [5.41, 5.74) is 2.06. The second-order valence-electron chi connectivity index (χ2n) is 4.70. The Hall–Kier alpha value is -1.07. The fraction of sp³-hybridized carbons (Fsp3) is 0.417. The van der Waals surface area contributed by atoms with Gasteiger partial charge in [-0.15, -0.1) is 0 Å². The quantitative estimate of drug-likeness (QED) is 0.800. The molecular weight excluding hydrogens is 274 g/mol. The second kappa shape index (κ2) is 4.55. The van der Waals surface area contributed by atoms with E-state index in [1.54, 1.807) is 23.1 Å². The molecule has 0 bridgehead atoms. The van der Waals surface area contributed by atoms with Crippen LogP contribution in [-0.2, 0) is 21.3 Å². The summed E-state index contributed by atoms with van der Waals surface area (Å²) in [5, 5.41) is 0. The van der Waals surface area contributed by atoms with Crippen LogP contribution in [0.1, 0.15) is 35.3 Å². The molecule has 0 fully saturated rings. The molecule has 0 unspecified atom stereocenters. The summed E-state index contributed by atoms with van der Waals surface area (Å²) in [4.78, 5) is 13.9. The van der Waals surface area contributed by atoms with Crippen LogP contribution in [0.4, 0.5) is 0 Å². The molecule has 98 valence electrons. The predicted molar refractivity (Wildman–Crippen MR) is 69.9 cm³/mol. The third kappa shape index (κ3) is 2.67. The molecule has 0 saturated carbocycles. The van der Waals surface area contributed by atoms with Gasteiger partial charge in [-0.25, -0.2) is 8.42 Å². The van der Waals surface area contributed by atoms with Gasteiger partial charge in [0, 0.05) is 28.8 Å². The number of carbonyl (C=O) groups excluding carboxylic acids is 1. The number of rotatable bonds is 3. The van der Waals surface area contributed by atoms with E-state index in [0.29, 0.717) is 17.7 Å². The molecule has 0 aliphatic carbocycles. The number of amides is 1. The maximum atomic E-state index is 12.1. The topological polar surface area (TPSA) is 54.5 Å². The van der Waals surface area contributed by atoms with Gasteiger partial charge in [-0.05, 0) is 31.0 Å². The molecule has 1 heterocycles. The normalized spacial score (nSPS) is 15.3. The van der Waals surface area contributed by atoms with E-state index in [1.165, 1.54) is 0 Å². The van der Waals surface area contributed by atoms with E-state index >= 15 is 0 Å². The molecule has 1 aromatic rings. The molecule has 0 atom stereocenters. The van der Waals surface area contributed by atoms with Gasteiger partial charge in [-0.1, -0.05) is 12.1 Å². The minimum atomic E-state index is -3.59. The Balaban J connectivity index is 2.34. The smallest absolute Gasteiger partial charge is 0.254 e. The van der Waals surface area contributed by atoms with Crippen molar-refractivity contribution in [1.29, 1.82) is 0 Å². The Bertz CT molecular complexity index is 595. The summed E-state index contributed by atoms with van der Waals surface area (Å²) < 4.78 is 22.1. The lowest BCUT2D eigenvalue weighted by Gasteiger charge is -2.19. The van der Waals surface area contributed by atoms with Gasteiger partial charge in [-0.2, -0.15) is 0 Å². The van der Waals surface area contributed by atoms with Crippen molar-refractivity contribution in [3.8, 4) is 0 Å². The van der Waals surface area contributed by atoms with Gasteiger partial charge in [0.05, 0.1) is 5.75 Å². The number of carbonyl (C=O) groups is 1. The van der Waals surface area contributed by atoms with E-state index in [1.807, 2.05) is 13.8 Å². The van der Waals surface area contributed by atoms with Crippen molar-refractivity contribution in [1.82, 2.24) is 4.90 Å². The summed E-state index contributed by atoms with van der Waals surface area (Å²) in [6.07, 6.45) is 0. The Labute approximate surface area is 111 Å². The molecule has 18 heavy (non-hydrogen) atoms. The van der Waals surface area contributed by atoms with E-state index in [2.05, 4.69) is 0 Å². The number of halogens is 1. The SMILES string of the molecule is CC(C)N1Cc2ccc(CS(=O)(=O)Cl)cc2C1=O. The lowest BCUT2D eigenvalue weighted by atomic mass is 10.1. The highest BCUT2D eigenvalue weighted by molar-refractivity contribution is 8.13. The first-order valence-electron chi connectivity index (χ1n) is 5.63. The van der Waals surface area contributed by atoms with Crippen molar-refractivity contribution in [2.45, 2.75) is 32.2 Å². The van der Waals surface area contributed by atoms with Crippen molar-refractivity contribution < 1.29 is 13.2 Å². The lowest BCUT2D eigenvalue weighted by Crippen LogP contribution is -2.30. The van der Waals surface area contributed by atoms with E-state index in [-0.39, 0.29) is 17.7 Å². The minimum Gasteiger partial charge on any atom is -0.332 e. The summed E-state index contributed by atoms with van der Waals surface area (Å²) in [6.45, 7) is 4.49. The first kappa shape index (κ1) is 13.4. The highest BCUT2D eigenvalue weighted by atomic mass is 35.7. The van der Waals surface area contributed by atoms with Crippen molar-refractivity contribution in [3.05, 3.63) is 34.9 Å². The van der Waals surface area contributed by atoms with Crippen molar-refractivity contribution in [3.63, 3.8) is 0 Å². The Kier molecular flexibility index (Phi) is 3.38. The van der Waals surface area contributed by atoms with Crippen LogP contribution < -0.4 is 0 Å². The van der Waals surface area contributed by atoms with E-state index in [4.69, 9.17) is 10.7 Å². The zero-order valence-corrected chi connectivity index (χ0v) is 11.8. The molecule has 2 rings (SSSR count). The Morgan fingerprint density at radius 1 is 1.39 bits per heavy atom. The number of hydrogen-bond acceptors (Lipinski definition) is 3. The Morgan fingerprint density at radius 2 is 2.06 bits per heavy atom. The molecule has 0 saturated heterocycles. The summed E-state index contributed by atoms with van der Waals surface area (Å²) in [5.74, 6) is -0.301. The zero-order chi connectivity index (χ0) is 13.5. The molecule has 0 radical (unpaired) electrons. The van der Waals surface area contributed by atoms with Gasteiger partial charge in [0.25, 0.3) is 5.91 Å². The largest absolute Gasteiger partial charge is 0.332 e. The zero-order valence-electron chi connectivity index (χ0n) is 10.2. The van der Waals surface area contributed by atoms with Crippen LogP contribution in [0.5, 0.6) is 0 Å². The first-order chi connectivity index (χ1) is 8.28. The van der Waals surface area contributed by atoms with Crippen molar-refractivity contribution in [2.75, 3.05) is 0 Å². The fourth-order valence-electron chi connectivity index (χ4n) is 2.08. The van der Waals surface area contributed by atoms with Crippen LogP contribution in [0.15, 0.2) is 18.2 Å². The van der Waals surface area contributed by atoms with Crippen LogP contribution in [0.25, 0.3) is 0 Å². The lowest BCUT2D eigenvalue weighted by molar-refractivity contribution is 0.0730. The molecule has 1 amide bonds. The number of benzene rings is 1. The fourth-order valence-corrected chi connectivity index (χ4v) is 3.03. The number of hydrogen-bond donors (Lipinski definition) is 0. The third-order valence-electron chi connectivity index (χ3n) is 2.97. The van der Waals surface area contributed by atoms with Crippen LogP contribution in [0.3, 0.4) is 0 Å². The first-order valence-corrected chi connectivity index (χ1v) is 8.11. The van der Waals surface area contributed by atoms with Crippen LogP contribution in [-0.4, -0.2) is 25.3 Å². The van der Waals surface area contributed by atoms with Gasteiger partial charge < -0.3 is 4.90 Å². The van der Waals surface area contributed by atoms with Gasteiger partial charge in [0.2, 0.25) is 9.05 Å². The highest BCUT2D eigenvalue weighted by Gasteiger charge is 2.29. The minimum absolute atomic E-state index is 0.0474. The molecule has 1 aliphatic heterocycles. The molecule has 6 heteroatoms. The maximum Gasteiger partial charge on any atom is 0.254 e. The van der Waals surface area contributed by atoms with Gasteiger partial charge in [0.15, 0.2) is 0 Å². The van der Waals surface area contributed by atoms with Crippen LogP contribution >= 0.6 is 10.7 Å². The molecule has 0 aromatic heterocycles. The monoisotopic (exact) mass is 287 g/mol. The average molecular weight is 288 g/mol. The van der Waals surface area contributed by atoms with Gasteiger partial charge >= 0.3 is 0 Å². The third-order valence-corrected chi connectivity index (χ3v) is 3.97. The maximum absolute atomic E-state index is 12.1. The van der Waals surface area contributed by atoms with Gasteiger partial charge in [-0.3, -0.25) is 4.79 Å².